The molecule has 0 spiro atoms. The molecule has 1 aliphatic heterocycles. The molecule has 0 bridgehead atoms. The van der Waals surface area contributed by atoms with Gasteiger partial charge >= 0.3 is 5.63 Å². The average Bonchev–Trinajstić information content (AvgIpc) is 2.55. The molecule has 1 fully saturated rings. The van der Waals surface area contributed by atoms with Crippen LogP contribution in [0.4, 0.5) is 0 Å². The molecule has 0 amide bonds. The van der Waals surface area contributed by atoms with Gasteiger partial charge in [-0.3, -0.25) is 0 Å². The first-order valence-corrected chi connectivity index (χ1v) is 7.00. The summed E-state index contributed by atoms with van der Waals surface area (Å²) in [6.45, 7) is -0.544. The summed E-state index contributed by atoms with van der Waals surface area (Å²) in [4.78, 5) is 11.2. The third-order valence-corrected chi connectivity index (χ3v) is 3.70. The second-order valence-corrected chi connectivity index (χ2v) is 5.27. The fraction of sp³-hybridized carbons (Fsp3) is 0.400. The van der Waals surface area contributed by atoms with Crippen molar-refractivity contribution in [1.29, 1.82) is 0 Å². The minimum absolute atomic E-state index is 0.233. The molecule has 1 aromatic carbocycles. The predicted molar refractivity (Wildman–Crippen MR) is 76.9 cm³/mol. The minimum Gasteiger partial charge on any atom is -0.462 e. The Morgan fingerprint density at radius 1 is 1.04 bits per heavy atom. The van der Waals surface area contributed by atoms with E-state index in [9.17, 15) is 20.1 Å². The Kier molecular flexibility index (Phi) is 4.33. The van der Waals surface area contributed by atoms with E-state index in [1.807, 2.05) is 0 Å². The summed E-state index contributed by atoms with van der Waals surface area (Å²) >= 11 is 0. The molecule has 0 aliphatic carbocycles. The van der Waals surface area contributed by atoms with Crippen LogP contribution in [0.1, 0.15) is 0 Å². The van der Waals surface area contributed by atoms with Gasteiger partial charge in [-0.1, -0.05) is 0 Å². The fourth-order valence-corrected chi connectivity index (χ4v) is 2.41. The maximum absolute atomic E-state index is 11.2. The lowest BCUT2D eigenvalue weighted by Crippen LogP contribution is -2.60. The van der Waals surface area contributed by atoms with Crippen molar-refractivity contribution in [3.05, 3.63) is 40.8 Å². The van der Waals surface area contributed by atoms with Crippen LogP contribution in [0.15, 0.2) is 39.5 Å². The van der Waals surface area contributed by atoms with E-state index in [1.54, 1.807) is 18.2 Å². The van der Waals surface area contributed by atoms with Gasteiger partial charge in [-0.05, 0) is 18.2 Å². The predicted octanol–water partition coefficient (Wildman–Crippen LogP) is -1.03. The molecular weight excluding hydrogens is 308 g/mol. The lowest BCUT2D eigenvalue weighted by molar-refractivity contribution is -0.277. The monoisotopic (exact) mass is 324 g/mol. The Labute approximate surface area is 130 Å². The van der Waals surface area contributed by atoms with Crippen LogP contribution in [-0.2, 0) is 4.74 Å². The minimum atomic E-state index is -1.52. The molecule has 1 saturated heterocycles. The van der Waals surface area contributed by atoms with Gasteiger partial charge in [0.1, 0.15) is 35.7 Å². The molecule has 4 N–H and O–H groups in total. The van der Waals surface area contributed by atoms with Crippen LogP contribution >= 0.6 is 0 Å². The second-order valence-electron chi connectivity index (χ2n) is 5.27. The van der Waals surface area contributed by atoms with E-state index in [0.717, 1.165) is 0 Å². The van der Waals surface area contributed by atoms with Crippen molar-refractivity contribution < 1.29 is 34.3 Å². The molecule has 0 saturated carbocycles. The van der Waals surface area contributed by atoms with Crippen molar-refractivity contribution >= 4 is 11.0 Å². The summed E-state index contributed by atoms with van der Waals surface area (Å²) < 4.78 is 15.7. The first-order valence-electron chi connectivity index (χ1n) is 7.00. The Bertz CT molecular complexity index is 740. The lowest BCUT2D eigenvalue weighted by atomic mass is 9.99. The van der Waals surface area contributed by atoms with Gasteiger partial charge in [-0.2, -0.15) is 0 Å². The topological polar surface area (TPSA) is 130 Å². The number of hydrogen-bond acceptors (Lipinski definition) is 8. The molecule has 5 atom stereocenters. The van der Waals surface area contributed by atoms with Gasteiger partial charge in [0.15, 0.2) is 0 Å². The highest BCUT2D eigenvalue weighted by molar-refractivity contribution is 5.77. The molecular formula is C15H16O8. The first kappa shape index (κ1) is 15.9. The molecule has 1 aromatic heterocycles. The van der Waals surface area contributed by atoms with E-state index in [2.05, 4.69) is 0 Å². The zero-order valence-electron chi connectivity index (χ0n) is 11.9. The molecule has 0 radical (unpaired) electrons. The molecule has 0 unspecified atom stereocenters. The van der Waals surface area contributed by atoms with Crippen LogP contribution in [0.25, 0.3) is 11.0 Å². The zero-order valence-corrected chi connectivity index (χ0v) is 11.9. The van der Waals surface area contributed by atoms with Crippen LogP contribution in [0, 0.1) is 0 Å². The van der Waals surface area contributed by atoms with Crippen LogP contribution in [0.2, 0.25) is 0 Å². The van der Waals surface area contributed by atoms with Crippen LogP contribution in [0.5, 0.6) is 5.75 Å². The Hall–Kier alpha value is -1.97. The van der Waals surface area contributed by atoms with E-state index in [-0.39, 0.29) is 5.75 Å². The van der Waals surface area contributed by atoms with Crippen molar-refractivity contribution in [1.82, 2.24) is 0 Å². The van der Waals surface area contributed by atoms with Gasteiger partial charge in [0.25, 0.3) is 0 Å². The van der Waals surface area contributed by atoms with Crippen molar-refractivity contribution in [2.75, 3.05) is 6.61 Å². The normalized spacial score (nSPS) is 31.2. The van der Waals surface area contributed by atoms with Gasteiger partial charge < -0.3 is 34.3 Å². The van der Waals surface area contributed by atoms with Gasteiger partial charge in [-0.25, -0.2) is 4.79 Å². The van der Waals surface area contributed by atoms with Crippen molar-refractivity contribution in [3.63, 3.8) is 0 Å². The largest absolute Gasteiger partial charge is 0.462 e. The zero-order chi connectivity index (χ0) is 16.6. The molecule has 124 valence electrons. The fourth-order valence-electron chi connectivity index (χ4n) is 2.41. The number of rotatable bonds is 3. The number of ether oxygens (including phenoxy) is 2. The van der Waals surface area contributed by atoms with E-state index >= 15 is 0 Å². The third kappa shape index (κ3) is 3.07. The van der Waals surface area contributed by atoms with Gasteiger partial charge in [0.2, 0.25) is 6.29 Å². The SMILES string of the molecule is O=c1ccc2ccc(O[C@H]3O[C@H](CO)[C@@H](O)[C@H](O)[C@H]3O)cc2o1. The second kappa shape index (κ2) is 6.26. The van der Waals surface area contributed by atoms with Crippen molar-refractivity contribution in [2.24, 2.45) is 0 Å². The summed E-state index contributed by atoms with van der Waals surface area (Å²) in [5.74, 6) is 0.233. The van der Waals surface area contributed by atoms with E-state index < -0.39 is 42.9 Å². The Morgan fingerprint density at radius 2 is 1.78 bits per heavy atom. The van der Waals surface area contributed by atoms with Gasteiger partial charge in [0, 0.05) is 17.5 Å². The maximum Gasteiger partial charge on any atom is 0.336 e. The van der Waals surface area contributed by atoms with Crippen molar-refractivity contribution in [2.45, 2.75) is 30.7 Å². The Balaban J connectivity index is 1.84. The number of aliphatic hydroxyl groups is 4. The van der Waals surface area contributed by atoms with Crippen LogP contribution in [0.3, 0.4) is 0 Å². The first-order chi connectivity index (χ1) is 11.0. The molecule has 1 aliphatic rings. The Morgan fingerprint density at radius 3 is 2.52 bits per heavy atom. The smallest absolute Gasteiger partial charge is 0.336 e. The number of aliphatic hydroxyl groups excluding tert-OH is 4. The maximum atomic E-state index is 11.2. The summed E-state index contributed by atoms with van der Waals surface area (Å²) in [5, 5.41) is 39.2. The van der Waals surface area contributed by atoms with Crippen LogP contribution in [-0.4, -0.2) is 57.7 Å². The standard InChI is InChI=1S/C15H16O8/c16-6-10-12(18)13(19)14(20)15(23-10)21-8-3-1-7-2-4-11(17)22-9(7)5-8/h1-5,10,12-16,18-20H,6H2/t10-,12-,13+,14-,15+/m1/s1. The summed E-state index contributed by atoms with van der Waals surface area (Å²) in [6.07, 6.45) is -6.84. The summed E-state index contributed by atoms with van der Waals surface area (Å²) in [7, 11) is 0. The van der Waals surface area contributed by atoms with E-state index in [4.69, 9.17) is 19.0 Å². The number of hydrogen-bond donors (Lipinski definition) is 4. The lowest BCUT2D eigenvalue weighted by Gasteiger charge is -2.39. The van der Waals surface area contributed by atoms with Gasteiger partial charge in [-0.15, -0.1) is 0 Å². The third-order valence-electron chi connectivity index (χ3n) is 3.70. The molecule has 3 rings (SSSR count). The van der Waals surface area contributed by atoms with E-state index in [0.29, 0.717) is 11.0 Å². The van der Waals surface area contributed by atoms with E-state index in [1.165, 1.54) is 12.1 Å². The molecule has 2 heterocycles. The highest BCUT2D eigenvalue weighted by Crippen LogP contribution is 2.26. The molecule has 8 heteroatoms. The number of fused-ring (bicyclic) bond motifs is 1. The quantitative estimate of drug-likeness (QED) is 0.528. The molecule has 2 aromatic rings. The molecule has 23 heavy (non-hydrogen) atoms. The van der Waals surface area contributed by atoms with Crippen molar-refractivity contribution in [3.8, 4) is 5.75 Å². The average molecular weight is 324 g/mol. The molecule has 8 nitrogen and oxygen atoms in total. The summed E-state index contributed by atoms with van der Waals surface area (Å²) in [5.41, 5.74) is -0.220. The van der Waals surface area contributed by atoms with Crippen LogP contribution < -0.4 is 10.4 Å². The van der Waals surface area contributed by atoms with Gasteiger partial charge in [0.05, 0.1) is 6.61 Å². The highest BCUT2D eigenvalue weighted by atomic mass is 16.7. The summed E-state index contributed by atoms with van der Waals surface area (Å²) in [6, 6.07) is 7.55. The number of benzene rings is 1. The highest BCUT2D eigenvalue weighted by Gasteiger charge is 2.44.